The molecule has 19 heavy (non-hydrogen) atoms. The van der Waals surface area contributed by atoms with Gasteiger partial charge in [0.05, 0.1) is 25.8 Å². The molecule has 0 aliphatic rings. The SMILES string of the molecule is C=Cn1cc[n+](CCCn2cc[n+](CC)c2)c1.[Br-].[Br-]. The summed E-state index contributed by atoms with van der Waals surface area (Å²) in [6.45, 7) is 9.00. The maximum absolute atomic E-state index is 3.73. The van der Waals surface area contributed by atoms with Crippen LogP contribution in [-0.2, 0) is 19.6 Å². The topological polar surface area (TPSA) is 17.6 Å². The second-order valence-corrected chi connectivity index (χ2v) is 4.12. The zero-order chi connectivity index (χ0) is 12.1. The highest BCUT2D eigenvalue weighted by atomic mass is 79.9. The van der Waals surface area contributed by atoms with Crippen LogP contribution >= 0.6 is 0 Å². The lowest BCUT2D eigenvalue weighted by molar-refractivity contribution is -0.697. The van der Waals surface area contributed by atoms with E-state index in [-0.39, 0.29) is 34.0 Å². The van der Waals surface area contributed by atoms with Gasteiger partial charge in [0, 0.05) is 6.42 Å². The molecule has 0 atom stereocenters. The van der Waals surface area contributed by atoms with Crippen molar-refractivity contribution in [1.82, 2.24) is 9.13 Å². The van der Waals surface area contributed by atoms with Crippen LogP contribution in [0.5, 0.6) is 0 Å². The van der Waals surface area contributed by atoms with Crippen molar-refractivity contribution in [1.29, 1.82) is 0 Å². The van der Waals surface area contributed by atoms with Gasteiger partial charge in [-0.15, -0.1) is 0 Å². The normalized spacial score (nSPS) is 9.53. The highest BCUT2D eigenvalue weighted by Gasteiger charge is 2.04. The number of halogens is 2. The van der Waals surface area contributed by atoms with Crippen molar-refractivity contribution in [3.63, 3.8) is 0 Å². The third-order valence-corrected chi connectivity index (χ3v) is 2.87. The highest BCUT2D eigenvalue weighted by molar-refractivity contribution is 5.12. The molecule has 2 aromatic heterocycles. The Balaban J connectivity index is 0.00000162. The fraction of sp³-hybridized carbons (Fsp3) is 0.385. The third kappa shape index (κ3) is 5.32. The molecule has 0 unspecified atom stereocenters. The quantitative estimate of drug-likeness (QED) is 0.439. The molecule has 0 amide bonds. The van der Waals surface area contributed by atoms with Gasteiger partial charge in [0.25, 0.3) is 0 Å². The molecule has 2 aromatic rings. The van der Waals surface area contributed by atoms with Gasteiger partial charge >= 0.3 is 0 Å². The fourth-order valence-electron chi connectivity index (χ4n) is 1.85. The van der Waals surface area contributed by atoms with Crippen LogP contribution in [0, 0.1) is 0 Å². The number of rotatable bonds is 6. The monoisotopic (exact) mass is 390 g/mol. The van der Waals surface area contributed by atoms with Gasteiger partial charge in [-0.2, -0.15) is 0 Å². The molecule has 0 saturated heterocycles. The molecule has 2 heterocycles. The molecule has 0 radical (unpaired) electrons. The minimum Gasteiger partial charge on any atom is -1.00 e. The van der Waals surface area contributed by atoms with Crippen molar-refractivity contribution >= 4 is 6.20 Å². The fourth-order valence-corrected chi connectivity index (χ4v) is 1.85. The molecule has 6 heteroatoms. The molecule has 2 rings (SSSR count). The molecule has 106 valence electrons. The van der Waals surface area contributed by atoms with E-state index in [1.54, 1.807) is 6.20 Å². The lowest BCUT2D eigenvalue weighted by atomic mass is 10.4. The summed E-state index contributed by atoms with van der Waals surface area (Å²) in [5.41, 5.74) is 0. The zero-order valence-corrected chi connectivity index (χ0v) is 14.3. The Morgan fingerprint density at radius 2 is 1.84 bits per heavy atom. The average molecular weight is 392 g/mol. The number of imidazole rings is 2. The summed E-state index contributed by atoms with van der Waals surface area (Å²) < 4.78 is 8.55. The smallest absolute Gasteiger partial charge is 0.248 e. The Kier molecular flexibility index (Phi) is 8.67. The lowest BCUT2D eigenvalue weighted by Crippen LogP contribution is -3.00. The minimum absolute atomic E-state index is 0. The van der Waals surface area contributed by atoms with E-state index in [1.807, 2.05) is 10.8 Å². The Morgan fingerprint density at radius 1 is 1.11 bits per heavy atom. The van der Waals surface area contributed by atoms with E-state index in [1.165, 1.54) is 0 Å². The van der Waals surface area contributed by atoms with Crippen LogP contribution in [0.25, 0.3) is 6.20 Å². The second-order valence-electron chi connectivity index (χ2n) is 4.12. The molecular formula is C13H20Br2N4. The standard InChI is InChI=1S/C13H20N4.2BrH/c1-3-14-8-10-16(12-14)6-5-7-17-11-9-15(4-2)13-17;;/h3,8-13H,1,4-7H2,2H3;2*1H/q+2;;/p-2. The predicted octanol–water partition coefficient (Wildman–Crippen LogP) is -4.92. The van der Waals surface area contributed by atoms with E-state index < -0.39 is 0 Å². The van der Waals surface area contributed by atoms with Gasteiger partial charge in [-0.05, 0) is 6.92 Å². The van der Waals surface area contributed by atoms with E-state index in [9.17, 15) is 0 Å². The van der Waals surface area contributed by atoms with Gasteiger partial charge < -0.3 is 34.0 Å². The molecule has 0 aliphatic heterocycles. The number of hydrogen-bond donors (Lipinski definition) is 0. The van der Waals surface area contributed by atoms with Crippen molar-refractivity contribution in [2.75, 3.05) is 0 Å². The van der Waals surface area contributed by atoms with E-state index in [0.717, 1.165) is 26.1 Å². The van der Waals surface area contributed by atoms with Crippen molar-refractivity contribution in [2.45, 2.75) is 33.0 Å². The summed E-state index contributed by atoms with van der Waals surface area (Å²) >= 11 is 0. The predicted molar refractivity (Wildman–Crippen MR) is 65.9 cm³/mol. The summed E-state index contributed by atoms with van der Waals surface area (Å²) in [6, 6.07) is 0. The Morgan fingerprint density at radius 3 is 2.42 bits per heavy atom. The molecule has 0 N–H and O–H groups in total. The van der Waals surface area contributed by atoms with Gasteiger partial charge in [0.15, 0.2) is 0 Å². The maximum atomic E-state index is 3.73. The van der Waals surface area contributed by atoms with E-state index in [2.05, 4.69) is 58.4 Å². The van der Waals surface area contributed by atoms with Crippen LogP contribution < -0.4 is 43.1 Å². The van der Waals surface area contributed by atoms with Crippen LogP contribution in [0.4, 0.5) is 0 Å². The highest BCUT2D eigenvalue weighted by Crippen LogP contribution is 1.91. The van der Waals surface area contributed by atoms with Crippen LogP contribution in [0.1, 0.15) is 13.3 Å². The van der Waals surface area contributed by atoms with Gasteiger partial charge in [-0.1, -0.05) is 6.58 Å². The van der Waals surface area contributed by atoms with E-state index >= 15 is 0 Å². The van der Waals surface area contributed by atoms with E-state index in [0.29, 0.717) is 0 Å². The third-order valence-electron chi connectivity index (χ3n) is 2.87. The first-order valence-corrected chi connectivity index (χ1v) is 6.05. The van der Waals surface area contributed by atoms with Crippen LogP contribution in [-0.4, -0.2) is 9.13 Å². The van der Waals surface area contributed by atoms with Crippen LogP contribution in [0.2, 0.25) is 0 Å². The minimum atomic E-state index is 0. The molecule has 0 aromatic carbocycles. The molecular weight excluding hydrogens is 372 g/mol. The second kappa shape index (κ2) is 9.09. The van der Waals surface area contributed by atoms with Crippen molar-refractivity contribution in [3.05, 3.63) is 44.0 Å². The molecule has 0 aliphatic carbocycles. The molecule has 0 spiro atoms. The average Bonchev–Trinajstić information content (AvgIpc) is 2.97. The van der Waals surface area contributed by atoms with Gasteiger partial charge in [0.1, 0.15) is 24.8 Å². The summed E-state index contributed by atoms with van der Waals surface area (Å²) in [5, 5.41) is 0. The van der Waals surface area contributed by atoms with Gasteiger partial charge in [-0.25, -0.2) is 18.3 Å². The van der Waals surface area contributed by atoms with Crippen molar-refractivity contribution in [2.24, 2.45) is 0 Å². The molecule has 0 fully saturated rings. The Bertz CT molecular complexity index is 490. The summed E-state index contributed by atoms with van der Waals surface area (Å²) in [7, 11) is 0. The van der Waals surface area contributed by atoms with Gasteiger partial charge in [-0.3, -0.25) is 0 Å². The number of aromatic nitrogens is 4. The van der Waals surface area contributed by atoms with Gasteiger partial charge in [0.2, 0.25) is 12.7 Å². The lowest BCUT2D eigenvalue weighted by Gasteiger charge is -1.95. The molecule has 0 saturated carbocycles. The first kappa shape index (κ1) is 18.1. The number of nitrogens with zero attached hydrogens (tertiary/aromatic N) is 4. The molecule has 4 nitrogen and oxygen atoms in total. The number of aryl methyl sites for hydroxylation is 3. The first-order valence-electron chi connectivity index (χ1n) is 6.05. The van der Waals surface area contributed by atoms with Crippen molar-refractivity contribution in [3.8, 4) is 0 Å². The first-order chi connectivity index (χ1) is 8.31. The summed E-state index contributed by atoms with van der Waals surface area (Å²) in [5.74, 6) is 0. The largest absolute Gasteiger partial charge is 1.00 e. The zero-order valence-electron chi connectivity index (χ0n) is 11.1. The summed E-state index contributed by atoms with van der Waals surface area (Å²) in [6.07, 6.45) is 15.5. The molecule has 0 bridgehead atoms. The maximum Gasteiger partial charge on any atom is 0.248 e. The van der Waals surface area contributed by atoms with Crippen LogP contribution in [0.3, 0.4) is 0 Å². The van der Waals surface area contributed by atoms with Crippen LogP contribution in [0.15, 0.2) is 44.0 Å². The van der Waals surface area contributed by atoms with E-state index in [4.69, 9.17) is 0 Å². The Labute approximate surface area is 135 Å². The summed E-state index contributed by atoms with van der Waals surface area (Å²) in [4.78, 5) is 0. The number of hydrogen-bond acceptors (Lipinski definition) is 0. The Hall–Kier alpha value is -0.880. The van der Waals surface area contributed by atoms with Crippen molar-refractivity contribution < 1.29 is 43.1 Å².